The summed E-state index contributed by atoms with van der Waals surface area (Å²) in [6, 6.07) is 16.6. The first-order valence-electron chi connectivity index (χ1n) is 6.47. The van der Waals surface area contributed by atoms with Gasteiger partial charge in [0, 0.05) is 21.8 Å². The molecule has 1 aromatic heterocycles. The molecule has 0 spiro atoms. The molecule has 0 atom stereocenters. The third-order valence-corrected chi connectivity index (χ3v) is 3.49. The van der Waals surface area contributed by atoms with Crippen molar-refractivity contribution < 1.29 is 0 Å². The highest BCUT2D eigenvalue weighted by molar-refractivity contribution is 6.09. The van der Waals surface area contributed by atoms with Gasteiger partial charge >= 0.3 is 0 Å². The third kappa shape index (κ3) is 1.62. The van der Waals surface area contributed by atoms with Gasteiger partial charge in [-0.1, -0.05) is 30.3 Å². The Morgan fingerprint density at radius 2 is 1.63 bits per heavy atom. The minimum absolute atomic E-state index is 0.0612. The fourth-order valence-electron chi connectivity index (χ4n) is 2.81. The van der Waals surface area contributed by atoms with Crippen LogP contribution >= 0.6 is 0 Å². The van der Waals surface area contributed by atoms with Gasteiger partial charge in [-0.25, -0.2) is 0 Å². The van der Waals surface area contributed by atoms with E-state index in [4.69, 9.17) is 0 Å². The quantitative estimate of drug-likeness (QED) is 0.579. The maximum Gasteiger partial charge on any atom is 0.101 e. The average molecular weight is 248 g/mol. The minimum atomic E-state index is -0.0612. The Kier molecular flexibility index (Phi) is 2.40. The van der Waals surface area contributed by atoms with Crippen molar-refractivity contribution in [3.63, 3.8) is 0 Å². The Labute approximate surface area is 112 Å². The number of aromatic nitrogens is 1. The first-order valence-corrected chi connectivity index (χ1v) is 6.47. The summed E-state index contributed by atoms with van der Waals surface area (Å²) in [5, 5.41) is 11.8. The lowest BCUT2D eigenvalue weighted by atomic mass is 10.1. The molecule has 0 unspecified atom stereocenters. The molecule has 0 saturated heterocycles. The number of hydrogen-bond acceptors (Lipinski definition) is 1. The Morgan fingerprint density at radius 1 is 0.947 bits per heavy atom. The fourth-order valence-corrected chi connectivity index (χ4v) is 2.81. The van der Waals surface area contributed by atoms with Crippen LogP contribution < -0.4 is 0 Å². The average Bonchev–Trinajstić information content (AvgIpc) is 2.72. The van der Waals surface area contributed by atoms with E-state index < -0.39 is 0 Å². The largest absolute Gasteiger partial charge is 0.334 e. The topological polar surface area (TPSA) is 28.7 Å². The van der Waals surface area contributed by atoms with Crippen molar-refractivity contribution in [1.29, 1.82) is 5.26 Å². The van der Waals surface area contributed by atoms with E-state index in [0.717, 1.165) is 16.5 Å². The SMILES string of the molecule is CC(C)(C)n1c2ccccc2c2cccc(C#N)c21. The zero-order chi connectivity index (χ0) is 13.6. The van der Waals surface area contributed by atoms with Crippen LogP contribution in [0.2, 0.25) is 0 Å². The van der Waals surface area contributed by atoms with Gasteiger partial charge < -0.3 is 4.57 Å². The van der Waals surface area contributed by atoms with Crippen molar-refractivity contribution in [2.45, 2.75) is 26.3 Å². The highest BCUT2D eigenvalue weighted by Gasteiger charge is 2.21. The van der Waals surface area contributed by atoms with E-state index in [1.807, 2.05) is 18.2 Å². The van der Waals surface area contributed by atoms with E-state index in [1.54, 1.807) is 0 Å². The summed E-state index contributed by atoms with van der Waals surface area (Å²) in [4.78, 5) is 0. The van der Waals surface area contributed by atoms with E-state index in [0.29, 0.717) is 0 Å². The molecule has 1 heterocycles. The number of fused-ring (bicyclic) bond motifs is 3. The molecule has 0 aliphatic carbocycles. The first kappa shape index (κ1) is 11.8. The molecule has 19 heavy (non-hydrogen) atoms. The van der Waals surface area contributed by atoms with Crippen LogP contribution in [0.25, 0.3) is 21.8 Å². The Bertz CT molecular complexity index is 811. The third-order valence-electron chi connectivity index (χ3n) is 3.49. The van der Waals surface area contributed by atoms with Crippen molar-refractivity contribution >= 4 is 21.8 Å². The van der Waals surface area contributed by atoms with Crippen LogP contribution in [-0.2, 0) is 5.54 Å². The second-order valence-electron chi connectivity index (χ2n) is 5.84. The van der Waals surface area contributed by atoms with E-state index in [2.05, 4.69) is 55.7 Å². The lowest BCUT2D eigenvalue weighted by Crippen LogP contribution is -2.21. The molecule has 0 N–H and O–H groups in total. The van der Waals surface area contributed by atoms with Crippen LogP contribution in [0.4, 0.5) is 0 Å². The number of nitrogens with zero attached hydrogens (tertiary/aromatic N) is 2. The van der Waals surface area contributed by atoms with Crippen molar-refractivity contribution in [3.05, 3.63) is 48.0 Å². The summed E-state index contributed by atoms with van der Waals surface area (Å²) in [5.74, 6) is 0. The summed E-state index contributed by atoms with van der Waals surface area (Å²) in [6.07, 6.45) is 0. The molecule has 94 valence electrons. The van der Waals surface area contributed by atoms with Crippen molar-refractivity contribution in [2.24, 2.45) is 0 Å². The maximum absolute atomic E-state index is 9.39. The van der Waals surface area contributed by atoms with Gasteiger partial charge in [-0.05, 0) is 32.9 Å². The van der Waals surface area contributed by atoms with Gasteiger partial charge in [-0.2, -0.15) is 5.26 Å². The van der Waals surface area contributed by atoms with Crippen LogP contribution in [0.15, 0.2) is 42.5 Å². The Morgan fingerprint density at radius 3 is 2.32 bits per heavy atom. The highest BCUT2D eigenvalue weighted by atomic mass is 15.0. The molecular weight excluding hydrogens is 232 g/mol. The van der Waals surface area contributed by atoms with Gasteiger partial charge in [0.15, 0.2) is 0 Å². The zero-order valence-corrected chi connectivity index (χ0v) is 11.4. The van der Waals surface area contributed by atoms with Crippen LogP contribution in [0.1, 0.15) is 26.3 Å². The monoisotopic (exact) mass is 248 g/mol. The van der Waals surface area contributed by atoms with Crippen LogP contribution in [-0.4, -0.2) is 4.57 Å². The van der Waals surface area contributed by atoms with E-state index in [1.165, 1.54) is 10.9 Å². The number of para-hydroxylation sites is 2. The number of hydrogen-bond donors (Lipinski definition) is 0. The number of nitriles is 1. The normalized spacial score (nSPS) is 11.9. The molecule has 2 aromatic carbocycles. The fraction of sp³-hybridized carbons (Fsp3) is 0.235. The van der Waals surface area contributed by atoms with Gasteiger partial charge in [-0.15, -0.1) is 0 Å². The predicted molar refractivity (Wildman–Crippen MR) is 79.2 cm³/mol. The molecule has 3 rings (SSSR count). The van der Waals surface area contributed by atoms with E-state index in [-0.39, 0.29) is 5.54 Å². The zero-order valence-electron chi connectivity index (χ0n) is 11.4. The molecular formula is C17H16N2. The van der Waals surface area contributed by atoms with Crippen molar-refractivity contribution in [1.82, 2.24) is 4.57 Å². The summed E-state index contributed by atoms with van der Waals surface area (Å²) in [6.45, 7) is 6.52. The molecule has 0 radical (unpaired) electrons. The number of rotatable bonds is 0. The molecule has 0 fully saturated rings. The Hall–Kier alpha value is -2.27. The minimum Gasteiger partial charge on any atom is -0.334 e. The predicted octanol–water partition coefficient (Wildman–Crippen LogP) is 4.42. The van der Waals surface area contributed by atoms with Gasteiger partial charge in [0.2, 0.25) is 0 Å². The summed E-state index contributed by atoms with van der Waals surface area (Å²) >= 11 is 0. The van der Waals surface area contributed by atoms with Crippen molar-refractivity contribution in [3.8, 4) is 6.07 Å². The molecule has 0 bridgehead atoms. The molecule has 0 saturated carbocycles. The van der Waals surface area contributed by atoms with Crippen LogP contribution in [0.3, 0.4) is 0 Å². The summed E-state index contributed by atoms with van der Waals surface area (Å²) < 4.78 is 2.27. The second-order valence-corrected chi connectivity index (χ2v) is 5.84. The molecule has 0 aliphatic heterocycles. The molecule has 0 aliphatic rings. The lowest BCUT2D eigenvalue weighted by molar-refractivity contribution is 0.423. The molecule has 2 heteroatoms. The van der Waals surface area contributed by atoms with Gasteiger partial charge in [0.05, 0.1) is 11.1 Å². The van der Waals surface area contributed by atoms with Gasteiger partial charge in [0.1, 0.15) is 6.07 Å². The Balaban J connectivity index is 2.66. The maximum atomic E-state index is 9.39. The smallest absolute Gasteiger partial charge is 0.101 e. The van der Waals surface area contributed by atoms with Crippen LogP contribution in [0, 0.1) is 11.3 Å². The molecule has 2 nitrogen and oxygen atoms in total. The highest BCUT2D eigenvalue weighted by Crippen LogP contribution is 2.35. The lowest BCUT2D eigenvalue weighted by Gasteiger charge is -2.24. The van der Waals surface area contributed by atoms with Crippen molar-refractivity contribution in [2.75, 3.05) is 0 Å². The molecule has 0 amide bonds. The standard InChI is InChI=1S/C17H16N2/c1-17(2,3)19-15-10-5-4-8-13(15)14-9-6-7-12(11-18)16(14)19/h4-10H,1-3H3. The first-order chi connectivity index (χ1) is 9.04. The second kappa shape index (κ2) is 3.86. The van der Waals surface area contributed by atoms with Crippen LogP contribution in [0.5, 0.6) is 0 Å². The van der Waals surface area contributed by atoms with E-state index in [9.17, 15) is 5.26 Å². The van der Waals surface area contributed by atoms with E-state index >= 15 is 0 Å². The number of benzene rings is 2. The summed E-state index contributed by atoms with van der Waals surface area (Å²) in [5.41, 5.74) is 2.91. The summed E-state index contributed by atoms with van der Waals surface area (Å²) in [7, 11) is 0. The molecule has 3 aromatic rings. The van der Waals surface area contributed by atoms with Gasteiger partial charge in [-0.3, -0.25) is 0 Å². The van der Waals surface area contributed by atoms with Gasteiger partial charge in [0.25, 0.3) is 0 Å².